The van der Waals surface area contributed by atoms with Crippen LogP contribution in [0.4, 0.5) is 5.69 Å². The summed E-state index contributed by atoms with van der Waals surface area (Å²) >= 11 is 0. The van der Waals surface area contributed by atoms with Crippen molar-refractivity contribution in [3.8, 4) is 0 Å². The molecule has 27 heavy (non-hydrogen) atoms. The second-order valence-corrected chi connectivity index (χ2v) is 7.66. The fourth-order valence-electron chi connectivity index (χ4n) is 4.19. The zero-order valence-electron chi connectivity index (χ0n) is 16.3. The number of carbonyl (C=O) groups is 1. The molecule has 0 amide bonds. The molecule has 1 aromatic heterocycles. The van der Waals surface area contributed by atoms with Crippen LogP contribution in [0, 0.1) is 6.92 Å². The normalized spacial score (nSPS) is 19.4. The van der Waals surface area contributed by atoms with Crippen LogP contribution in [-0.4, -0.2) is 47.4 Å². The van der Waals surface area contributed by atoms with Crippen LogP contribution in [0.2, 0.25) is 0 Å². The zero-order valence-corrected chi connectivity index (χ0v) is 16.3. The number of aryl methyl sites for hydroxylation is 1. The largest absolute Gasteiger partial charge is 0.366 e. The number of piperazine rings is 1. The lowest BCUT2D eigenvalue weighted by atomic mass is 10.0. The third-order valence-electron chi connectivity index (χ3n) is 5.77. The second-order valence-electron chi connectivity index (χ2n) is 7.66. The summed E-state index contributed by atoms with van der Waals surface area (Å²) in [5.41, 5.74) is 4.38. The Morgan fingerprint density at radius 2 is 1.96 bits per heavy atom. The van der Waals surface area contributed by atoms with Crippen LogP contribution in [0.3, 0.4) is 0 Å². The minimum absolute atomic E-state index is 0.119. The van der Waals surface area contributed by atoms with Crippen LogP contribution in [-0.2, 0) is 0 Å². The van der Waals surface area contributed by atoms with Gasteiger partial charge >= 0.3 is 0 Å². The third kappa shape index (κ3) is 3.37. The maximum atomic E-state index is 13.1. The van der Waals surface area contributed by atoms with Gasteiger partial charge in [0, 0.05) is 54.0 Å². The highest BCUT2D eigenvalue weighted by molar-refractivity contribution is 6.10. The van der Waals surface area contributed by atoms with Crippen LogP contribution < -0.4 is 4.90 Å². The topological polar surface area (TPSA) is 39.3 Å². The highest BCUT2D eigenvalue weighted by Gasteiger charge is 2.31. The van der Waals surface area contributed by atoms with E-state index in [4.69, 9.17) is 0 Å². The fourth-order valence-corrected chi connectivity index (χ4v) is 4.19. The lowest BCUT2D eigenvalue weighted by molar-refractivity contribution is 0.0813. The van der Waals surface area contributed by atoms with Crippen molar-refractivity contribution in [3.05, 3.63) is 65.9 Å². The molecule has 0 spiro atoms. The number of carbonyl (C=O) groups excluding carboxylic acids is 1. The van der Waals surface area contributed by atoms with E-state index in [9.17, 15) is 4.79 Å². The number of aromatic nitrogens is 1. The summed E-state index contributed by atoms with van der Waals surface area (Å²) in [7, 11) is 0. The Labute approximate surface area is 160 Å². The Bertz CT molecular complexity index is 961. The summed E-state index contributed by atoms with van der Waals surface area (Å²) < 4.78 is 0. The van der Waals surface area contributed by atoms with Crippen molar-refractivity contribution < 1.29 is 4.79 Å². The van der Waals surface area contributed by atoms with Gasteiger partial charge in [-0.25, -0.2) is 0 Å². The summed E-state index contributed by atoms with van der Waals surface area (Å²) in [4.78, 5) is 21.1. The number of anilines is 1. The Hall–Kier alpha value is -2.59. The number of benzene rings is 2. The van der Waals surface area contributed by atoms with Crippen molar-refractivity contribution in [3.63, 3.8) is 0 Å². The molecule has 4 heteroatoms. The minimum Gasteiger partial charge on any atom is -0.366 e. The number of para-hydroxylation sites is 1. The quantitative estimate of drug-likeness (QED) is 0.706. The Morgan fingerprint density at radius 1 is 1.15 bits per heavy atom. The molecule has 2 unspecified atom stereocenters. The number of ketones is 1. The summed E-state index contributed by atoms with van der Waals surface area (Å²) in [6, 6.07) is 16.9. The van der Waals surface area contributed by atoms with Gasteiger partial charge in [-0.05, 0) is 44.5 Å². The molecule has 0 bridgehead atoms. The van der Waals surface area contributed by atoms with Gasteiger partial charge in [0.1, 0.15) is 0 Å². The molecule has 1 N–H and O–H groups in total. The molecule has 1 aliphatic heterocycles. The molecule has 1 saturated heterocycles. The van der Waals surface area contributed by atoms with Crippen molar-refractivity contribution in [2.75, 3.05) is 24.5 Å². The van der Waals surface area contributed by atoms with Crippen LogP contribution >= 0.6 is 0 Å². The maximum absolute atomic E-state index is 13.1. The number of aromatic amines is 1. The van der Waals surface area contributed by atoms with Crippen molar-refractivity contribution >= 4 is 22.4 Å². The van der Waals surface area contributed by atoms with E-state index in [1.165, 1.54) is 11.3 Å². The number of hydrogen-bond donors (Lipinski definition) is 1. The van der Waals surface area contributed by atoms with E-state index in [1.807, 2.05) is 37.4 Å². The van der Waals surface area contributed by atoms with E-state index in [1.54, 1.807) is 0 Å². The molecule has 4 nitrogen and oxygen atoms in total. The first-order valence-electron chi connectivity index (χ1n) is 9.72. The fraction of sp³-hybridized carbons (Fsp3) is 0.348. The lowest BCUT2D eigenvalue weighted by Crippen LogP contribution is -2.56. The van der Waals surface area contributed by atoms with Crippen LogP contribution in [0.15, 0.2) is 54.7 Å². The Morgan fingerprint density at radius 3 is 2.74 bits per heavy atom. The first-order valence-corrected chi connectivity index (χ1v) is 9.72. The molecule has 0 saturated carbocycles. The van der Waals surface area contributed by atoms with Crippen LogP contribution in [0.5, 0.6) is 0 Å². The van der Waals surface area contributed by atoms with E-state index in [0.29, 0.717) is 6.04 Å². The summed E-state index contributed by atoms with van der Waals surface area (Å²) in [5.74, 6) is 0.198. The van der Waals surface area contributed by atoms with Crippen molar-refractivity contribution in [1.29, 1.82) is 0 Å². The Balaban J connectivity index is 1.49. The number of Topliss-reactive ketones (excluding diaryl/α,β-unsaturated/α-hetero) is 1. The summed E-state index contributed by atoms with van der Waals surface area (Å²) in [6.07, 6.45) is 1.86. The van der Waals surface area contributed by atoms with Gasteiger partial charge in [-0.1, -0.05) is 30.3 Å². The number of nitrogens with zero attached hydrogens (tertiary/aromatic N) is 2. The molecule has 1 fully saturated rings. The van der Waals surface area contributed by atoms with Gasteiger partial charge in [-0.3, -0.25) is 9.69 Å². The molecule has 0 radical (unpaired) electrons. The standard InChI is InChI=1S/C23H27N3O/c1-16-7-6-8-19(13-16)26-12-11-25(15-17(26)2)18(3)23(27)21-14-24-22-10-5-4-9-20(21)22/h4-10,13-14,17-18,24H,11-12,15H2,1-3H3. The van der Waals surface area contributed by atoms with Gasteiger partial charge in [-0.15, -0.1) is 0 Å². The molecule has 3 aromatic rings. The second kappa shape index (κ2) is 7.20. The summed E-state index contributed by atoms with van der Waals surface area (Å²) in [6.45, 7) is 9.15. The monoisotopic (exact) mass is 361 g/mol. The van der Waals surface area contributed by atoms with Crippen molar-refractivity contribution in [2.24, 2.45) is 0 Å². The predicted molar refractivity (Wildman–Crippen MR) is 112 cm³/mol. The summed E-state index contributed by atoms with van der Waals surface area (Å²) in [5, 5.41) is 1.01. The molecule has 1 aliphatic rings. The zero-order chi connectivity index (χ0) is 19.0. The number of fused-ring (bicyclic) bond motifs is 1. The Kier molecular flexibility index (Phi) is 4.75. The van der Waals surface area contributed by atoms with Gasteiger partial charge in [0.25, 0.3) is 0 Å². The van der Waals surface area contributed by atoms with E-state index in [0.717, 1.165) is 36.1 Å². The molecule has 2 atom stereocenters. The van der Waals surface area contributed by atoms with Crippen LogP contribution in [0.25, 0.3) is 10.9 Å². The number of nitrogens with one attached hydrogen (secondary N) is 1. The van der Waals surface area contributed by atoms with Crippen molar-refractivity contribution in [2.45, 2.75) is 32.9 Å². The average molecular weight is 361 g/mol. The van der Waals surface area contributed by atoms with E-state index < -0.39 is 0 Å². The molecule has 2 aromatic carbocycles. The van der Waals surface area contributed by atoms with Gasteiger partial charge in [0.05, 0.1) is 6.04 Å². The van der Waals surface area contributed by atoms with Gasteiger partial charge in [-0.2, -0.15) is 0 Å². The first kappa shape index (κ1) is 17.8. The smallest absolute Gasteiger partial charge is 0.181 e. The lowest BCUT2D eigenvalue weighted by Gasteiger charge is -2.43. The van der Waals surface area contributed by atoms with E-state index >= 15 is 0 Å². The van der Waals surface area contributed by atoms with Crippen molar-refractivity contribution in [1.82, 2.24) is 9.88 Å². The van der Waals surface area contributed by atoms with E-state index in [-0.39, 0.29) is 11.8 Å². The van der Waals surface area contributed by atoms with Crippen LogP contribution in [0.1, 0.15) is 29.8 Å². The van der Waals surface area contributed by atoms with Gasteiger partial charge in [0.2, 0.25) is 0 Å². The highest BCUT2D eigenvalue weighted by Crippen LogP contribution is 2.25. The number of H-pyrrole nitrogens is 1. The maximum Gasteiger partial charge on any atom is 0.181 e. The molecule has 0 aliphatic carbocycles. The predicted octanol–water partition coefficient (Wildman–Crippen LogP) is 4.26. The molecule has 2 heterocycles. The molecular weight excluding hydrogens is 334 g/mol. The molecular formula is C23H27N3O. The van der Waals surface area contributed by atoms with E-state index in [2.05, 4.69) is 52.9 Å². The molecule has 4 rings (SSSR count). The minimum atomic E-state index is -0.119. The average Bonchev–Trinajstić information content (AvgIpc) is 3.11. The first-order chi connectivity index (χ1) is 13.0. The SMILES string of the molecule is Cc1cccc(N2CCN(C(C)C(=O)c3c[nH]c4ccccc34)CC2C)c1. The van der Waals surface area contributed by atoms with Gasteiger partial charge < -0.3 is 9.88 Å². The van der Waals surface area contributed by atoms with Gasteiger partial charge in [0.15, 0.2) is 5.78 Å². The number of hydrogen-bond acceptors (Lipinski definition) is 3. The number of rotatable bonds is 4. The highest BCUT2D eigenvalue weighted by atomic mass is 16.1. The molecule has 140 valence electrons. The third-order valence-corrected chi connectivity index (χ3v) is 5.77.